The molecule has 1 aliphatic rings. The molecule has 5 heteroatoms. The van der Waals surface area contributed by atoms with Gasteiger partial charge in [-0.05, 0) is 12.1 Å². The van der Waals surface area contributed by atoms with Gasteiger partial charge in [0, 0.05) is 17.7 Å². The molecule has 0 aromatic heterocycles. The normalized spacial score (nSPS) is 12.6. The Morgan fingerprint density at radius 3 is 2.65 bits per heavy atom. The summed E-state index contributed by atoms with van der Waals surface area (Å²) >= 11 is 0. The lowest BCUT2D eigenvalue weighted by atomic mass is 10.1. The first-order valence-corrected chi connectivity index (χ1v) is 5.33. The first-order valence-electron chi connectivity index (χ1n) is 5.33. The van der Waals surface area contributed by atoms with Crippen LogP contribution in [0.3, 0.4) is 0 Å². The zero-order valence-corrected chi connectivity index (χ0v) is 9.65. The van der Waals surface area contributed by atoms with Gasteiger partial charge in [-0.15, -0.1) is 0 Å². The van der Waals surface area contributed by atoms with E-state index in [0.29, 0.717) is 17.2 Å². The van der Waals surface area contributed by atoms with Crippen LogP contribution in [0.4, 0.5) is 5.69 Å². The van der Waals surface area contributed by atoms with Gasteiger partial charge in [-0.2, -0.15) is 0 Å². The third kappa shape index (κ3) is 2.38. The lowest BCUT2D eigenvalue weighted by Gasteiger charge is -2.06. The Balaban J connectivity index is 2.09. The van der Waals surface area contributed by atoms with Gasteiger partial charge in [-0.3, -0.25) is 9.59 Å². The molecule has 1 aromatic rings. The zero-order valence-electron chi connectivity index (χ0n) is 9.65. The molecule has 1 amide bonds. The van der Waals surface area contributed by atoms with Crippen molar-refractivity contribution in [1.29, 1.82) is 0 Å². The highest BCUT2D eigenvalue weighted by Gasteiger charge is 2.19. The van der Waals surface area contributed by atoms with Gasteiger partial charge in [0.1, 0.15) is 0 Å². The SMILES string of the molecule is CC(C)C(=O)C(=O)Nc1ccc2c(c1)OCO2. The van der Waals surface area contributed by atoms with Crippen LogP contribution in [-0.4, -0.2) is 18.5 Å². The summed E-state index contributed by atoms with van der Waals surface area (Å²) in [5, 5.41) is 2.53. The van der Waals surface area contributed by atoms with Crippen molar-refractivity contribution >= 4 is 17.4 Å². The number of nitrogens with one attached hydrogen (secondary N) is 1. The number of amides is 1. The second-order valence-electron chi connectivity index (χ2n) is 4.04. The molecule has 0 saturated carbocycles. The van der Waals surface area contributed by atoms with Crippen LogP contribution in [0.15, 0.2) is 18.2 Å². The van der Waals surface area contributed by atoms with E-state index in [1.54, 1.807) is 32.0 Å². The van der Waals surface area contributed by atoms with Crippen LogP contribution in [0, 0.1) is 5.92 Å². The summed E-state index contributed by atoms with van der Waals surface area (Å²) < 4.78 is 10.3. The summed E-state index contributed by atoms with van der Waals surface area (Å²) in [5.74, 6) is -0.163. The minimum atomic E-state index is -0.612. The minimum absolute atomic E-state index is 0.178. The summed E-state index contributed by atoms with van der Waals surface area (Å²) in [6, 6.07) is 4.99. The Morgan fingerprint density at radius 1 is 1.24 bits per heavy atom. The lowest BCUT2D eigenvalue weighted by molar-refractivity contribution is -0.136. The summed E-state index contributed by atoms with van der Waals surface area (Å²) in [4.78, 5) is 22.9. The second-order valence-corrected chi connectivity index (χ2v) is 4.04. The number of hydrogen-bond donors (Lipinski definition) is 1. The summed E-state index contributed by atoms with van der Waals surface area (Å²) in [7, 11) is 0. The molecule has 1 aliphatic heterocycles. The monoisotopic (exact) mass is 235 g/mol. The number of ketones is 1. The predicted molar refractivity (Wildman–Crippen MR) is 61.0 cm³/mol. The molecule has 1 heterocycles. The van der Waals surface area contributed by atoms with Crippen LogP contribution in [0.25, 0.3) is 0 Å². The number of benzene rings is 1. The van der Waals surface area contributed by atoms with E-state index in [4.69, 9.17) is 9.47 Å². The van der Waals surface area contributed by atoms with Gasteiger partial charge in [-0.1, -0.05) is 13.8 Å². The van der Waals surface area contributed by atoms with Gasteiger partial charge >= 0.3 is 0 Å². The van der Waals surface area contributed by atoms with Crippen molar-refractivity contribution in [3.8, 4) is 11.5 Å². The average Bonchev–Trinajstić information content (AvgIpc) is 2.74. The molecule has 0 atom stereocenters. The van der Waals surface area contributed by atoms with Crippen LogP contribution < -0.4 is 14.8 Å². The van der Waals surface area contributed by atoms with Gasteiger partial charge in [0.05, 0.1) is 0 Å². The molecule has 0 spiro atoms. The van der Waals surface area contributed by atoms with Crippen LogP contribution in [-0.2, 0) is 9.59 Å². The van der Waals surface area contributed by atoms with E-state index in [0.717, 1.165) is 0 Å². The molecule has 90 valence electrons. The van der Waals surface area contributed by atoms with E-state index < -0.39 is 11.7 Å². The molecule has 17 heavy (non-hydrogen) atoms. The highest BCUT2D eigenvalue weighted by molar-refractivity contribution is 6.41. The zero-order chi connectivity index (χ0) is 12.4. The molecule has 0 unspecified atom stereocenters. The fourth-order valence-corrected chi connectivity index (χ4v) is 1.43. The first-order chi connectivity index (χ1) is 8.08. The number of rotatable bonds is 3. The number of ether oxygens (including phenoxy) is 2. The van der Waals surface area contributed by atoms with Crippen LogP contribution in [0.2, 0.25) is 0 Å². The third-order valence-electron chi connectivity index (χ3n) is 2.38. The standard InChI is InChI=1S/C12H13NO4/c1-7(2)11(14)12(15)13-8-3-4-9-10(5-8)17-6-16-9/h3-5,7H,6H2,1-2H3,(H,13,15). The molecule has 1 aromatic carbocycles. The molecular weight excluding hydrogens is 222 g/mol. The van der Waals surface area contributed by atoms with Gasteiger partial charge in [0.25, 0.3) is 5.91 Å². The molecule has 0 fully saturated rings. The second kappa shape index (κ2) is 4.45. The molecular formula is C12H13NO4. The molecule has 2 rings (SSSR count). The van der Waals surface area contributed by atoms with Crippen LogP contribution in [0.1, 0.15) is 13.8 Å². The number of anilines is 1. The Hall–Kier alpha value is -2.04. The highest BCUT2D eigenvalue weighted by Crippen LogP contribution is 2.34. The van der Waals surface area contributed by atoms with Crippen LogP contribution in [0.5, 0.6) is 11.5 Å². The van der Waals surface area contributed by atoms with Gasteiger partial charge in [0.15, 0.2) is 11.5 Å². The van der Waals surface area contributed by atoms with Crippen molar-refractivity contribution in [3.05, 3.63) is 18.2 Å². The lowest BCUT2D eigenvalue weighted by Crippen LogP contribution is -2.26. The minimum Gasteiger partial charge on any atom is -0.454 e. The fourth-order valence-electron chi connectivity index (χ4n) is 1.43. The number of carbonyl (C=O) groups excluding carboxylic acids is 2. The van der Waals surface area contributed by atoms with E-state index in [2.05, 4.69) is 5.32 Å². The van der Waals surface area contributed by atoms with Gasteiger partial charge in [0.2, 0.25) is 12.6 Å². The van der Waals surface area contributed by atoms with Crippen molar-refractivity contribution in [2.45, 2.75) is 13.8 Å². The molecule has 0 saturated heterocycles. The number of carbonyl (C=O) groups is 2. The molecule has 0 aliphatic carbocycles. The van der Waals surface area contributed by atoms with Crippen molar-refractivity contribution in [3.63, 3.8) is 0 Å². The summed E-state index contributed by atoms with van der Waals surface area (Å²) in [6.07, 6.45) is 0. The largest absolute Gasteiger partial charge is 0.454 e. The topological polar surface area (TPSA) is 64.6 Å². The number of Topliss-reactive ketones (excluding diaryl/α,β-unsaturated/α-hetero) is 1. The molecule has 5 nitrogen and oxygen atoms in total. The Kier molecular flexibility index (Phi) is 2.99. The fraction of sp³-hybridized carbons (Fsp3) is 0.333. The van der Waals surface area contributed by atoms with Crippen molar-refractivity contribution in [1.82, 2.24) is 0 Å². The summed E-state index contributed by atoms with van der Waals surface area (Å²) in [5.41, 5.74) is 0.522. The van der Waals surface area contributed by atoms with E-state index in [1.165, 1.54) is 0 Å². The van der Waals surface area contributed by atoms with Crippen molar-refractivity contribution < 1.29 is 19.1 Å². The van der Waals surface area contributed by atoms with E-state index in [1.807, 2.05) is 0 Å². The Morgan fingerprint density at radius 2 is 1.94 bits per heavy atom. The van der Waals surface area contributed by atoms with E-state index in [-0.39, 0.29) is 12.7 Å². The smallest absolute Gasteiger partial charge is 0.292 e. The van der Waals surface area contributed by atoms with Crippen molar-refractivity contribution in [2.75, 3.05) is 12.1 Å². The van der Waals surface area contributed by atoms with E-state index >= 15 is 0 Å². The van der Waals surface area contributed by atoms with E-state index in [9.17, 15) is 9.59 Å². The number of fused-ring (bicyclic) bond motifs is 1. The Labute approximate surface area is 98.7 Å². The molecule has 1 N–H and O–H groups in total. The van der Waals surface area contributed by atoms with Gasteiger partial charge in [-0.25, -0.2) is 0 Å². The van der Waals surface area contributed by atoms with Crippen LogP contribution >= 0.6 is 0 Å². The van der Waals surface area contributed by atoms with Gasteiger partial charge < -0.3 is 14.8 Å². The maximum atomic E-state index is 11.5. The highest BCUT2D eigenvalue weighted by atomic mass is 16.7. The Bertz CT molecular complexity index is 468. The predicted octanol–water partition coefficient (Wildman–Crippen LogP) is 1.58. The molecule has 0 radical (unpaired) electrons. The third-order valence-corrected chi connectivity index (χ3v) is 2.38. The summed E-state index contributed by atoms with van der Waals surface area (Å²) in [6.45, 7) is 3.54. The maximum Gasteiger partial charge on any atom is 0.292 e. The average molecular weight is 235 g/mol. The first kappa shape index (κ1) is 11.4. The van der Waals surface area contributed by atoms with Crippen molar-refractivity contribution in [2.24, 2.45) is 5.92 Å². The quantitative estimate of drug-likeness (QED) is 0.808. The number of hydrogen-bond acceptors (Lipinski definition) is 4. The maximum absolute atomic E-state index is 11.5. The molecule has 0 bridgehead atoms.